The Morgan fingerprint density at radius 3 is 2.06 bits per heavy atom. The molecule has 0 heterocycles. The molecule has 2 aromatic rings. The molecule has 2 rings (SSSR count). The van der Waals surface area contributed by atoms with Crippen LogP contribution in [-0.4, -0.2) is 7.85 Å². The first kappa shape index (κ1) is 12.2. The van der Waals surface area contributed by atoms with Crippen LogP contribution in [0.1, 0.15) is 0 Å². The highest BCUT2D eigenvalue weighted by atomic mass is 79.9. The molecule has 0 saturated heterocycles. The molecule has 84 valence electrons. The lowest BCUT2D eigenvalue weighted by molar-refractivity contribution is 0.493. The minimum absolute atomic E-state index is 0.260. The number of halogens is 4. The van der Waals surface area contributed by atoms with Crippen molar-refractivity contribution in [3.63, 3.8) is 0 Å². The van der Waals surface area contributed by atoms with E-state index >= 15 is 0 Å². The third-order valence-electron chi connectivity index (χ3n) is 2.37. The molecule has 0 aliphatic carbocycles. The Bertz CT molecular complexity index is 541. The van der Waals surface area contributed by atoms with Gasteiger partial charge in [0.25, 0.3) is 0 Å². The molecule has 0 atom stereocenters. The Morgan fingerprint density at radius 1 is 0.882 bits per heavy atom. The van der Waals surface area contributed by atoms with Gasteiger partial charge in [0.2, 0.25) is 0 Å². The first-order chi connectivity index (χ1) is 8.04. The molecule has 0 aromatic heterocycles. The molecule has 0 spiro atoms. The molecule has 0 saturated carbocycles. The maximum absolute atomic E-state index is 13.7. The fourth-order valence-corrected chi connectivity index (χ4v) is 1.92. The van der Waals surface area contributed by atoms with Gasteiger partial charge >= 0.3 is 0 Å². The molecule has 0 amide bonds. The highest BCUT2D eigenvalue weighted by Gasteiger charge is 2.21. The largest absolute Gasteiger partial charge is 0.206 e. The van der Waals surface area contributed by atoms with Crippen LogP contribution in [0.5, 0.6) is 0 Å². The average Bonchev–Trinajstić information content (AvgIpc) is 2.36. The molecule has 2 radical (unpaired) electrons. The number of hydrogen-bond acceptors (Lipinski definition) is 0. The fourth-order valence-electron chi connectivity index (χ4n) is 1.54. The van der Waals surface area contributed by atoms with Gasteiger partial charge in [0.1, 0.15) is 13.7 Å². The average molecular weight is 297 g/mol. The van der Waals surface area contributed by atoms with Crippen LogP contribution < -0.4 is 5.46 Å². The molecular formula is C12H5BBrF3. The molecule has 0 N–H and O–H groups in total. The van der Waals surface area contributed by atoms with Crippen LogP contribution >= 0.6 is 15.9 Å². The van der Waals surface area contributed by atoms with Gasteiger partial charge in [0, 0.05) is 5.56 Å². The van der Waals surface area contributed by atoms with Gasteiger partial charge in [-0.25, -0.2) is 13.2 Å². The van der Waals surface area contributed by atoms with E-state index in [1.165, 1.54) is 12.1 Å². The topological polar surface area (TPSA) is 0 Å². The van der Waals surface area contributed by atoms with Gasteiger partial charge < -0.3 is 0 Å². The van der Waals surface area contributed by atoms with Crippen LogP contribution in [0.25, 0.3) is 11.1 Å². The van der Waals surface area contributed by atoms with E-state index in [1.807, 2.05) is 0 Å². The van der Waals surface area contributed by atoms with Gasteiger partial charge in [-0.1, -0.05) is 30.3 Å². The smallest absolute Gasteiger partial charge is 0.176 e. The van der Waals surface area contributed by atoms with Crippen molar-refractivity contribution in [3.05, 3.63) is 52.3 Å². The Kier molecular flexibility index (Phi) is 3.29. The van der Waals surface area contributed by atoms with Gasteiger partial charge in [0.05, 0.1) is 4.47 Å². The van der Waals surface area contributed by atoms with Crippen LogP contribution in [0.2, 0.25) is 0 Å². The van der Waals surface area contributed by atoms with E-state index in [0.717, 1.165) is 0 Å². The Labute approximate surface area is 106 Å². The van der Waals surface area contributed by atoms with Crippen molar-refractivity contribution < 1.29 is 13.2 Å². The van der Waals surface area contributed by atoms with Gasteiger partial charge in [-0.15, -0.1) is 0 Å². The standard InChI is InChI=1S/C12H5BBrF3/c13-8-7(6-4-2-1-3-5-6)10(15)12(17)9(14)11(8)16/h1-5H. The highest BCUT2D eigenvalue weighted by Crippen LogP contribution is 2.28. The lowest BCUT2D eigenvalue weighted by Crippen LogP contribution is -2.17. The summed E-state index contributed by atoms with van der Waals surface area (Å²) in [4.78, 5) is 0. The van der Waals surface area contributed by atoms with E-state index in [2.05, 4.69) is 15.9 Å². The predicted molar refractivity (Wildman–Crippen MR) is 64.8 cm³/mol. The molecule has 0 unspecified atom stereocenters. The molecule has 2 aromatic carbocycles. The summed E-state index contributed by atoms with van der Waals surface area (Å²) in [5.74, 6) is -3.44. The summed E-state index contributed by atoms with van der Waals surface area (Å²) in [6.07, 6.45) is 0. The molecule has 0 fully saturated rings. The van der Waals surface area contributed by atoms with E-state index < -0.39 is 27.4 Å². The first-order valence-corrected chi connectivity index (χ1v) is 5.50. The van der Waals surface area contributed by atoms with Crippen molar-refractivity contribution in [2.24, 2.45) is 0 Å². The first-order valence-electron chi connectivity index (χ1n) is 4.71. The third kappa shape index (κ3) is 1.99. The summed E-state index contributed by atoms with van der Waals surface area (Å²) >= 11 is 2.62. The summed E-state index contributed by atoms with van der Waals surface area (Å²) in [7, 11) is 5.47. The maximum atomic E-state index is 13.7. The Morgan fingerprint density at radius 2 is 1.47 bits per heavy atom. The summed E-state index contributed by atoms with van der Waals surface area (Å²) < 4.78 is 40.1. The lowest BCUT2D eigenvalue weighted by Gasteiger charge is -2.11. The maximum Gasteiger partial charge on any atom is 0.176 e. The molecule has 17 heavy (non-hydrogen) atoms. The van der Waals surface area contributed by atoms with Gasteiger partial charge in [0.15, 0.2) is 11.6 Å². The zero-order valence-electron chi connectivity index (χ0n) is 8.48. The van der Waals surface area contributed by atoms with Crippen LogP contribution in [0.3, 0.4) is 0 Å². The SMILES string of the molecule is [B]c1c(F)c(Br)c(F)c(F)c1-c1ccccc1. The predicted octanol–water partition coefficient (Wildman–Crippen LogP) is 3.33. The van der Waals surface area contributed by atoms with E-state index in [0.29, 0.717) is 5.56 Å². The fraction of sp³-hybridized carbons (Fsp3) is 0. The van der Waals surface area contributed by atoms with Crippen LogP contribution in [0.4, 0.5) is 13.2 Å². The van der Waals surface area contributed by atoms with Crippen molar-refractivity contribution in [2.45, 2.75) is 0 Å². The van der Waals surface area contributed by atoms with Crippen molar-refractivity contribution in [3.8, 4) is 11.1 Å². The third-order valence-corrected chi connectivity index (χ3v) is 3.06. The highest BCUT2D eigenvalue weighted by molar-refractivity contribution is 9.10. The normalized spacial score (nSPS) is 10.6. The lowest BCUT2D eigenvalue weighted by atomic mass is 9.86. The Hall–Kier alpha value is -1.23. The minimum atomic E-state index is -1.28. The van der Waals surface area contributed by atoms with E-state index in [9.17, 15) is 13.2 Å². The zero-order chi connectivity index (χ0) is 12.6. The van der Waals surface area contributed by atoms with Gasteiger partial charge in [-0.05, 0) is 27.0 Å². The van der Waals surface area contributed by atoms with Gasteiger partial charge in [-0.2, -0.15) is 0 Å². The molecule has 0 aliphatic heterocycles. The summed E-state index contributed by atoms with van der Waals surface area (Å²) in [6.45, 7) is 0. The quantitative estimate of drug-likeness (QED) is 0.430. The summed E-state index contributed by atoms with van der Waals surface area (Å²) in [5, 5.41) is 0. The monoisotopic (exact) mass is 296 g/mol. The number of hydrogen-bond donors (Lipinski definition) is 0. The van der Waals surface area contributed by atoms with E-state index in [4.69, 9.17) is 7.85 Å². The zero-order valence-corrected chi connectivity index (χ0v) is 10.1. The second-order valence-corrected chi connectivity index (χ2v) is 4.20. The van der Waals surface area contributed by atoms with E-state index in [-0.39, 0.29) is 5.56 Å². The second kappa shape index (κ2) is 4.57. The molecule has 0 aliphatic rings. The van der Waals surface area contributed by atoms with Crippen LogP contribution in [0.15, 0.2) is 34.8 Å². The van der Waals surface area contributed by atoms with Gasteiger partial charge in [-0.3, -0.25) is 0 Å². The Balaban J connectivity index is 2.80. The van der Waals surface area contributed by atoms with Crippen molar-refractivity contribution in [1.82, 2.24) is 0 Å². The number of benzene rings is 2. The molecular weight excluding hydrogens is 292 g/mol. The van der Waals surface area contributed by atoms with Crippen LogP contribution in [-0.2, 0) is 0 Å². The minimum Gasteiger partial charge on any atom is -0.206 e. The van der Waals surface area contributed by atoms with E-state index in [1.54, 1.807) is 18.2 Å². The number of rotatable bonds is 1. The molecule has 0 nitrogen and oxygen atoms in total. The van der Waals surface area contributed by atoms with Crippen molar-refractivity contribution >= 4 is 29.2 Å². The summed E-state index contributed by atoms with van der Waals surface area (Å²) in [5.41, 5.74) is -0.349. The second-order valence-electron chi connectivity index (χ2n) is 3.41. The van der Waals surface area contributed by atoms with Crippen LogP contribution in [0, 0.1) is 17.5 Å². The molecule has 0 bridgehead atoms. The van der Waals surface area contributed by atoms with Crippen molar-refractivity contribution in [2.75, 3.05) is 0 Å². The van der Waals surface area contributed by atoms with Crippen molar-refractivity contribution in [1.29, 1.82) is 0 Å². The molecule has 5 heteroatoms. The summed E-state index contributed by atoms with van der Waals surface area (Å²) in [6, 6.07) is 8.03.